The molecule has 0 saturated heterocycles. The van der Waals surface area contributed by atoms with Crippen molar-refractivity contribution < 1.29 is 9.53 Å². The molecule has 0 saturated carbocycles. The van der Waals surface area contributed by atoms with E-state index in [9.17, 15) is 4.79 Å². The predicted octanol–water partition coefficient (Wildman–Crippen LogP) is 2.74. The van der Waals surface area contributed by atoms with Crippen molar-refractivity contribution in [2.75, 3.05) is 0 Å². The van der Waals surface area contributed by atoms with Gasteiger partial charge in [0.05, 0.1) is 0 Å². The van der Waals surface area contributed by atoms with Gasteiger partial charge < -0.3 is 4.74 Å². The van der Waals surface area contributed by atoms with E-state index in [4.69, 9.17) is 34.8 Å². The summed E-state index contributed by atoms with van der Waals surface area (Å²) in [7, 11) is 0. The Hall–Kier alpha value is -1.04. The Morgan fingerprint density at radius 3 is 2.69 bits per heavy atom. The van der Waals surface area contributed by atoms with E-state index >= 15 is 0 Å². The maximum atomic E-state index is 11.5. The highest BCUT2D eigenvalue weighted by molar-refractivity contribution is 6.66. The van der Waals surface area contributed by atoms with E-state index in [1.54, 1.807) is 24.3 Å². The van der Waals surface area contributed by atoms with Gasteiger partial charge in [-0.25, -0.2) is 4.79 Å². The van der Waals surface area contributed by atoms with E-state index < -0.39 is 10.1 Å². The number of halogens is 3. The summed E-state index contributed by atoms with van der Waals surface area (Å²) >= 11 is 16.0. The minimum Gasteiger partial charge on any atom is -0.396 e. The number of fused-ring (bicyclic) bond motifs is 1. The van der Waals surface area contributed by atoms with Gasteiger partial charge in [-0.2, -0.15) is 0 Å². The molecule has 0 bridgehead atoms. The van der Waals surface area contributed by atoms with Crippen molar-refractivity contribution in [1.82, 2.24) is 15.0 Å². The first-order chi connectivity index (χ1) is 7.47. The van der Waals surface area contributed by atoms with Gasteiger partial charge >= 0.3 is 10.1 Å². The molecule has 0 spiro atoms. The molecule has 8 heteroatoms. The monoisotopic (exact) mass is 279 g/mol. The standard InChI is InChI=1S/C8H4Cl3N3O2/c9-8(10,11)16-7(15)14-6-4-2-1-3-5(6)12-13-14/h1-4H. The number of para-hydroxylation sites is 1. The number of hydrogen-bond donors (Lipinski definition) is 0. The molecule has 1 aromatic heterocycles. The molecule has 16 heavy (non-hydrogen) atoms. The molecule has 84 valence electrons. The Kier molecular flexibility index (Phi) is 2.92. The Labute approximate surface area is 105 Å². The van der Waals surface area contributed by atoms with Gasteiger partial charge in [-0.1, -0.05) is 17.3 Å². The highest BCUT2D eigenvalue weighted by Crippen LogP contribution is 2.28. The summed E-state index contributed by atoms with van der Waals surface area (Å²) in [5, 5.41) is 7.35. The van der Waals surface area contributed by atoms with Gasteiger partial charge in [-0.05, 0) is 46.9 Å². The number of hydrogen-bond acceptors (Lipinski definition) is 4. The van der Waals surface area contributed by atoms with Crippen LogP contribution >= 0.6 is 34.8 Å². The van der Waals surface area contributed by atoms with Crippen molar-refractivity contribution in [2.45, 2.75) is 3.98 Å². The lowest BCUT2D eigenvalue weighted by atomic mass is 10.3. The Balaban J connectivity index is 2.37. The molecule has 1 aromatic carbocycles. The third-order valence-corrected chi connectivity index (χ3v) is 1.96. The zero-order valence-electron chi connectivity index (χ0n) is 7.60. The maximum absolute atomic E-state index is 11.5. The third kappa shape index (κ3) is 2.37. The van der Waals surface area contributed by atoms with Crippen molar-refractivity contribution in [3.8, 4) is 0 Å². The molecule has 0 amide bonds. The highest BCUT2D eigenvalue weighted by Gasteiger charge is 2.27. The summed E-state index contributed by atoms with van der Waals surface area (Å²) < 4.78 is 3.30. The van der Waals surface area contributed by atoms with Crippen LogP contribution in [0.3, 0.4) is 0 Å². The van der Waals surface area contributed by atoms with E-state index in [0.29, 0.717) is 11.0 Å². The molecular formula is C8H4Cl3N3O2. The molecule has 0 N–H and O–H groups in total. The molecule has 0 aliphatic heterocycles. The van der Waals surface area contributed by atoms with Gasteiger partial charge in [-0.15, -0.1) is 9.78 Å². The smallest absolute Gasteiger partial charge is 0.396 e. The van der Waals surface area contributed by atoms with Crippen LogP contribution in [-0.2, 0) is 4.74 Å². The van der Waals surface area contributed by atoms with Gasteiger partial charge in [0.25, 0.3) is 0 Å². The van der Waals surface area contributed by atoms with Gasteiger partial charge in [-0.3, -0.25) is 0 Å². The van der Waals surface area contributed by atoms with Crippen molar-refractivity contribution in [2.24, 2.45) is 0 Å². The second-order valence-electron chi connectivity index (χ2n) is 2.80. The summed E-state index contributed by atoms with van der Waals surface area (Å²) in [6.07, 6.45) is -0.909. The fourth-order valence-electron chi connectivity index (χ4n) is 1.15. The summed E-state index contributed by atoms with van der Waals surface area (Å²) in [6, 6.07) is 6.84. The SMILES string of the molecule is O=C(OC(Cl)(Cl)Cl)n1nnc2ccccc21. The molecule has 0 unspecified atom stereocenters. The van der Waals surface area contributed by atoms with E-state index in [0.717, 1.165) is 4.68 Å². The largest absolute Gasteiger partial charge is 0.440 e. The van der Waals surface area contributed by atoms with Crippen LogP contribution < -0.4 is 0 Å². The lowest BCUT2D eigenvalue weighted by molar-refractivity contribution is 0.143. The number of ether oxygens (including phenoxy) is 1. The molecule has 1 heterocycles. The van der Waals surface area contributed by atoms with Crippen LogP contribution in [0.5, 0.6) is 0 Å². The number of benzene rings is 1. The molecule has 0 fully saturated rings. The van der Waals surface area contributed by atoms with Gasteiger partial charge in [0.2, 0.25) is 0 Å². The Bertz CT molecular complexity index is 535. The van der Waals surface area contributed by atoms with Crippen LogP contribution in [0, 0.1) is 0 Å². The van der Waals surface area contributed by atoms with E-state index in [1.807, 2.05) is 0 Å². The maximum Gasteiger partial charge on any atom is 0.440 e. The Morgan fingerprint density at radius 1 is 1.31 bits per heavy atom. The van der Waals surface area contributed by atoms with E-state index in [1.165, 1.54) is 0 Å². The van der Waals surface area contributed by atoms with Crippen LogP contribution in [0.1, 0.15) is 0 Å². The first kappa shape index (κ1) is 11.4. The summed E-state index contributed by atoms with van der Waals surface area (Å²) in [4.78, 5) is 11.5. The average molecular weight is 280 g/mol. The average Bonchev–Trinajstić information content (AvgIpc) is 2.58. The number of aromatic nitrogens is 3. The van der Waals surface area contributed by atoms with Gasteiger partial charge in [0.15, 0.2) is 0 Å². The molecule has 0 atom stereocenters. The normalized spacial score (nSPS) is 11.7. The lowest BCUT2D eigenvalue weighted by Gasteiger charge is -2.10. The van der Waals surface area contributed by atoms with Crippen LogP contribution in [-0.4, -0.2) is 25.1 Å². The minimum absolute atomic E-state index is 0.474. The van der Waals surface area contributed by atoms with Crippen molar-refractivity contribution in [1.29, 1.82) is 0 Å². The summed E-state index contributed by atoms with van der Waals surface area (Å²) in [5.74, 6) is 0. The second-order valence-corrected chi connectivity index (χ2v) is 4.98. The molecule has 0 aliphatic rings. The number of nitrogens with zero attached hydrogens (tertiary/aromatic N) is 3. The zero-order chi connectivity index (χ0) is 11.8. The third-order valence-electron chi connectivity index (χ3n) is 1.73. The van der Waals surface area contributed by atoms with Crippen LogP contribution in [0.4, 0.5) is 4.79 Å². The first-order valence-corrected chi connectivity index (χ1v) is 5.21. The first-order valence-electron chi connectivity index (χ1n) is 4.08. The number of carbonyl (C=O) groups excluding carboxylic acids is 1. The van der Waals surface area contributed by atoms with Crippen LogP contribution in [0.25, 0.3) is 11.0 Å². The molecule has 0 radical (unpaired) electrons. The van der Waals surface area contributed by atoms with Crippen molar-refractivity contribution in [3.05, 3.63) is 24.3 Å². The molecular weight excluding hydrogens is 276 g/mol. The molecule has 0 aliphatic carbocycles. The lowest BCUT2D eigenvalue weighted by Crippen LogP contribution is -2.22. The highest BCUT2D eigenvalue weighted by atomic mass is 35.6. The van der Waals surface area contributed by atoms with E-state index in [2.05, 4.69) is 15.0 Å². The zero-order valence-corrected chi connectivity index (χ0v) is 9.87. The van der Waals surface area contributed by atoms with Gasteiger partial charge in [0, 0.05) is 0 Å². The quantitative estimate of drug-likeness (QED) is 0.696. The van der Waals surface area contributed by atoms with E-state index in [-0.39, 0.29) is 0 Å². The second kappa shape index (κ2) is 4.08. The number of alkyl halides is 3. The molecule has 5 nitrogen and oxygen atoms in total. The van der Waals surface area contributed by atoms with Crippen molar-refractivity contribution in [3.63, 3.8) is 0 Å². The summed E-state index contributed by atoms with van der Waals surface area (Å²) in [5.41, 5.74) is 1.02. The molecule has 2 rings (SSSR count). The minimum atomic E-state index is -2.12. The fraction of sp³-hybridized carbons (Fsp3) is 0.125. The summed E-state index contributed by atoms with van der Waals surface area (Å²) in [6.45, 7) is 0. The molecule has 2 aromatic rings. The van der Waals surface area contributed by atoms with Gasteiger partial charge in [0.1, 0.15) is 11.0 Å². The topological polar surface area (TPSA) is 57.0 Å². The van der Waals surface area contributed by atoms with Crippen LogP contribution in [0.15, 0.2) is 24.3 Å². The van der Waals surface area contributed by atoms with Crippen LogP contribution in [0.2, 0.25) is 0 Å². The predicted molar refractivity (Wildman–Crippen MR) is 59.7 cm³/mol. The number of rotatable bonds is 0. The Morgan fingerprint density at radius 2 is 2.00 bits per heavy atom. The fourth-order valence-corrected chi connectivity index (χ4v) is 1.34. The number of carbonyl (C=O) groups is 1. The van der Waals surface area contributed by atoms with Crippen molar-refractivity contribution >= 4 is 51.9 Å².